The molecular formula is C13H10N4O4. The summed E-state index contributed by atoms with van der Waals surface area (Å²) in [6, 6.07) is 6.35. The van der Waals surface area contributed by atoms with Crippen molar-refractivity contribution in [3.8, 4) is 11.6 Å². The Morgan fingerprint density at radius 3 is 3.00 bits per heavy atom. The van der Waals surface area contributed by atoms with Gasteiger partial charge in [0.05, 0.1) is 5.39 Å². The molecule has 0 aliphatic rings. The molecular weight excluding hydrogens is 276 g/mol. The lowest BCUT2D eigenvalue weighted by atomic mass is 10.2. The Bertz CT molecular complexity index is 815. The first-order valence-corrected chi connectivity index (χ1v) is 5.99. The highest BCUT2D eigenvalue weighted by Gasteiger charge is 2.15. The van der Waals surface area contributed by atoms with E-state index in [-0.39, 0.29) is 5.69 Å². The van der Waals surface area contributed by atoms with Crippen molar-refractivity contribution < 1.29 is 19.2 Å². The molecule has 0 aliphatic carbocycles. The summed E-state index contributed by atoms with van der Waals surface area (Å²) in [4.78, 5) is 19.0. The number of fused-ring (bicyclic) bond motifs is 1. The SMILES string of the molecule is CNc1nccc(Oc2ccc3c(C(=O)O)noc3c2)n1. The topological polar surface area (TPSA) is 110 Å². The number of rotatable bonds is 4. The number of carboxylic acid groups (broad SMARTS) is 1. The summed E-state index contributed by atoms with van der Waals surface area (Å²) in [6.45, 7) is 0. The minimum absolute atomic E-state index is 0.129. The number of aromatic carboxylic acids is 1. The van der Waals surface area contributed by atoms with Crippen LogP contribution in [0.15, 0.2) is 35.0 Å². The minimum Gasteiger partial charge on any atom is -0.476 e. The highest BCUT2D eigenvalue weighted by molar-refractivity contribution is 6.00. The second kappa shape index (κ2) is 5.08. The van der Waals surface area contributed by atoms with Gasteiger partial charge in [0.2, 0.25) is 11.8 Å². The summed E-state index contributed by atoms with van der Waals surface area (Å²) in [6.07, 6.45) is 1.56. The largest absolute Gasteiger partial charge is 0.476 e. The lowest BCUT2D eigenvalue weighted by Crippen LogP contribution is -1.97. The second-order valence-corrected chi connectivity index (χ2v) is 4.06. The van der Waals surface area contributed by atoms with Crippen LogP contribution in [-0.4, -0.2) is 33.2 Å². The number of hydrogen-bond acceptors (Lipinski definition) is 7. The molecule has 0 saturated carbocycles. The molecule has 0 unspecified atom stereocenters. The molecule has 0 spiro atoms. The van der Waals surface area contributed by atoms with Crippen molar-refractivity contribution in [2.75, 3.05) is 12.4 Å². The van der Waals surface area contributed by atoms with Gasteiger partial charge in [-0.1, -0.05) is 5.16 Å². The maximum Gasteiger partial charge on any atom is 0.358 e. The van der Waals surface area contributed by atoms with Crippen molar-refractivity contribution >= 4 is 22.9 Å². The van der Waals surface area contributed by atoms with Crippen LogP contribution in [0.1, 0.15) is 10.5 Å². The van der Waals surface area contributed by atoms with Crippen molar-refractivity contribution in [3.63, 3.8) is 0 Å². The quantitative estimate of drug-likeness (QED) is 0.750. The average molecular weight is 286 g/mol. The Morgan fingerprint density at radius 2 is 2.24 bits per heavy atom. The van der Waals surface area contributed by atoms with Gasteiger partial charge in [-0.15, -0.1) is 0 Å². The molecule has 106 valence electrons. The Morgan fingerprint density at radius 1 is 1.38 bits per heavy atom. The van der Waals surface area contributed by atoms with Gasteiger partial charge in [0.15, 0.2) is 11.3 Å². The van der Waals surface area contributed by atoms with Crippen molar-refractivity contribution in [2.24, 2.45) is 0 Å². The lowest BCUT2D eigenvalue weighted by Gasteiger charge is -2.05. The molecule has 2 aromatic heterocycles. The first kappa shape index (κ1) is 12.9. The van der Waals surface area contributed by atoms with Gasteiger partial charge in [-0.25, -0.2) is 9.78 Å². The number of ether oxygens (including phenoxy) is 1. The molecule has 0 fully saturated rings. The van der Waals surface area contributed by atoms with Gasteiger partial charge in [-0.3, -0.25) is 0 Å². The summed E-state index contributed by atoms with van der Waals surface area (Å²) in [5.41, 5.74) is 0.198. The molecule has 8 heteroatoms. The van der Waals surface area contributed by atoms with Crippen LogP contribution >= 0.6 is 0 Å². The number of carboxylic acids is 1. The van der Waals surface area contributed by atoms with Gasteiger partial charge in [-0.05, 0) is 12.1 Å². The van der Waals surface area contributed by atoms with E-state index in [0.717, 1.165) is 0 Å². The van der Waals surface area contributed by atoms with Crippen LogP contribution in [0.2, 0.25) is 0 Å². The highest BCUT2D eigenvalue weighted by atomic mass is 16.5. The van der Waals surface area contributed by atoms with Crippen molar-refractivity contribution in [1.82, 2.24) is 15.1 Å². The van der Waals surface area contributed by atoms with Gasteiger partial charge >= 0.3 is 5.97 Å². The molecule has 0 bridgehead atoms. The fraction of sp³-hybridized carbons (Fsp3) is 0.0769. The third-order valence-electron chi connectivity index (χ3n) is 2.72. The maximum absolute atomic E-state index is 10.9. The van der Waals surface area contributed by atoms with Crippen LogP contribution in [-0.2, 0) is 0 Å². The van der Waals surface area contributed by atoms with Crippen LogP contribution in [0, 0.1) is 0 Å². The van der Waals surface area contributed by atoms with Crippen LogP contribution in [0.4, 0.5) is 5.95 Å². The van der Waals surface area contributed by atoms with Gasteiger partial charge in [0, 0.05) is 25.4 Å². The molecule has 3 aromatic rings. The zero-order chi connectivity index (χ0) is 14.8. The number of aromatic nitrogens is 3. The Labute approximate surface area is 118 Å². The predicted octanol–water partition coefficient (Wildman–Crippen LogP) is 2.15. The number of benzene rings is 1. The van der Waals surface area contributed by atoms with Crippen LogP contribution in [0.25, 0.3) is 11.0 Å². The summed E-state index contributed by atoms with van der Waals surface area (Å²) in [7, 11) is 1.70. The fourth-order valence-electron chi connectivity index (χ4n) is 1.78. The Hall–Kier alpha value is -3.16. The minimum atomic E-state index is -1.14. The molecule has 2 N–H and O–H groups in total. The number of nitrogens with one attached hydrogen (secondary N) is 1. The molecule has 21 heavy (non-hydrogen) atoms. The first-order chi connectivity index (χ1) is 10.2. The zero-order valence-corrected chi connectivity index (χ0v) is 10.9. The second-order valence-electron chi connectivity index (χ2n) is 4.06. The van der Waals surface area contributed by atoms with E-state index >= 15 is 0 Å². The predicted molar refractivity (Wildman–Crippen MR) is 72.6 cm³/mol. The molecule has 0 aliphatic heterocycles. The molecule has 0 saturated heterocycles. The highest BCUT2D eigenvalue weighted by Crippen LogP contribution is 2.26. The fourth-order valence-corrected chi connectivity index (χ4v) is 1.78. The monoisotopic (exact) mass is 286 g/mol. The first-order valence-electron chi connectivity index (χ1n) is 5.99. The number of hydrogen-bond donors (Lipinski definition) is 2. The molecule has 0 atom stereocenters. The van der Waals surface area contributed by atoms with E-state index in [1.807, 2.05) is 0 Å². The number of nitrogens with zero attached hydrogens (tertiary/aromatic N) is 3. The molecule has 3 rings (SSSR count). The standard InChI is InChI=1S/C13H10N4O4/c1-14-13-15-5-4-10(16-13)20-7-2-3-8-9(6-7)21-17-11(8)12(18)19/h2-6H,1H3,(H,18,19)(H,14,15,16). The zero-order valence-electron chi connectivity index (χ0n) is 10.9. The van der Waals surface area contributed by atoms with E-state index in [4.69, 9.17) is 14.4 Å². The third-order valence-corrected chi connectivity index (χ3v) is 2.72. The van der Waals surface area contributed by atoms with E-state index in [1.165, 1.54) is 0 Å². The van der Waals surface area contributed by atoms with Gasteiger partial charge in [-0.2, -0.15) is 4.98 Å². The number of carbonyl (C=O) groups is 1. The summed E-state index contributed by atoms with van der Waals surface area (Å²) in [5.74, 6) is 0.0984. The lowest BCUT2D eigenvalue weighted by molar-refractivity contribution is 0.0688. The van der Waals surface area contributed by atoms with Crippen molar-refractivity contribution in [2.45, 2.75) is 0 Å². The van der Waals surface area contributed by atoms with Crippen LogP contribution < -0.4 is 10.1 Å². The molecule has 0 amide bonds. The maximum atomic E-state index is 10.9. The van der Waals surface area contributed by atoms with E-state index in [9.17, 15) is 4.79 Å². The molecule has 1 aromatic carbocycles. The molecule has 0 radical (unpaired) electrons. The van der Waals surface area contributed by atoms with Gasteiger partial charge < -0.3 is 19.7 Å². The smallest absolute Gasteiger partial charge is 0.358 e. The summed E-state index contributed by atoms with van der Waals surface area (Å²) in [5, 5.41) is 15.7. The Kier molecular flexibility index (Phi) is 3.11. The Balaban J connectivity index is 1.92. The summed E-state index contributed by atoms with van der Waals surface area (Å²) >= 11 is 0. The van der Waals surface area contributed by atoms with Gasteiger partial charge in [0.25, 0.3) is 0 Å². The van der Waals surface area contributed by atoms with E-state index in [0.29, 0.717) is 28.5 Å². The van der Waals surface area contributed by atoms with Crippen LogP contribution in [0.5, 0.6) is 11.6 Å². The third kappa shape index (κ3) is 2.46. The number of anilines is 1. The molecule has 8 nitrogen and oxygen atoms in total. The van der Waals surface area contributed by atoms with E-state index in [2.05, 4.69) is 20.4 Å². The summed E-state index contributed by atoms with van der Waals surface area (Å²) < 4.78 is 10.6. The van der Waals surface area contributed by atoms with E-state index < -0.39 is 5.97 Å². The average Bonchev–Trinajstić information content (AvgIpc) is 2.90. The van der Waals surface area contributed by atoms with Gasteiger partial charge in [0.1, 0.15) is 5.75 Å². The molecule has 2 heterocycles. The van der Waals surface area contributed by atoms with Crippen molar-refractivity contribution in [3.05, 3.63) is 36.2 Å². The van der Waals surface area contributed by atoms with E-state index in [1.54, 1.807) is 37.5 Å². The van der Waals surface area contributed by atoms with Crippen LogP contribution in [0.3, 0.4) is 0 Å². The van der Waals surface area contributed by atoms with Crippen molar-refractivity contribution in [1.29, 1.82) is 0 Å². The normalized spacial score (nSPS) is 10.5.